The van der Waals surface area contributed by atoms with E-state index >= 15 is 0 Å². The van der Waals surface area contributed by atoms with Gasteiger partial charge in [0, 0.05) is 31.4 Å². The van der Waals surface area contributed by atoms with Gasteiger partial charge in [-0.3, -0.25) is 0 Å². The zero-order valence-corrected chi connectivity index (χ0v) is 12.2. The fourth-order valence-electron chi connectivity index (χ4n) is 1.90. The number of carbonyl (C=O) groups is 1. The van der Waals surface area contributed by atoms with Gasteiger partial charge in [0.25, 0.3) is 0 Å². The summed E-state index contributed by atoms with van der Waals surface area (Å²) in [5, 5.41) is 16.8. The Bertz CT molecular complexity index is 593. The summed E-state index contributed by atoms with van der Waals surface area (Å²) in [7, 11) is 1.58. The van der Waals surface area contributed by atoms with E-state index in [4.69, 9.17) is 9.84 Å². The number of nitrogens with zero attached hydrogens (tertiary/aromatic N) is 4. The van der Waals surface area contributed by atoms with Crippen molar-refractivity contribution < 1.29 is 14.6 Å². The maximum absolute atomic E-state index is 11.1. The summed E-state index contributed by atoms with van der Waals surface area (Å²) in [6, 6.07) is 0. The van der Waals surface area contributed by atoms with E-state index in [-0.39, 0.29) is 5.69 Å². The van der Waals surface area contributed by atoms with Gasteiger partial charge in [0.2, 0.25) is 0 Å². The summed E-state index contributed by atoms with van der Waals surface area (Å²) in [6.07, 6.45) is 1.24. The lowest BCUT2D eigenvalue weighted by Gasteiger charge is -2.06. The van der Waals surface area contributed by atoms with Crippen LogP contribution in [0.3, 0.4) is 0 Å². The highest BCUT2D eigenvalue weighted by molar-refractivity contribution is 7.09. The number of hydrogen-bond donors (Lipinski definition) is 1. The van der Waals surface area contributed by atoms with Gasteiger partial charge < -0.3 is 9.84 Å². The first kappa shape index (κ1) is 14.6. The topological polar surface area (TPSA) is 90.1 Å². The van der Waals surface area contributed by atoms with E-state index < -0.39 is 5.97 Å². The molecule has 2 aromatic rings. The molecule has 0 atom stereocenters. The van der Waals surface area contributed by atoms with Crippen molar-refractivity contribution >= 4 is 17.3 Å². The van der Waals surface area contributed by atoms with Crippen LogP contribution < -0.4 is 0 Å². The quantitative estimate of drug-likeness (QED) is 0.825. The molecule has 0 saturated carbocycles. The van der Waals surface area contributed by atoms with Crippen LogP contribution in [0, 0.1) is 6.92 Å². The maximum atomic E-state index is 11.1. The Morgan fingerprint density at radius 3 is 2.90 bits per heavy atom. The first-order valence-electron chi connectivity index (χ1n) is 6.17. The summed E-state index contributed by atoms with van der Waals surface area (Å²) in [6.45, 7) is 2.98. The maximum Gasteiger partial charge on any atom is 0.358 e. The second-order valence-electron chi connectivity index (χ2n) is 4.27. The molecular formula is C12H16N4O3S. The molecule has 8 heteroatoms. The summed E-state index contributed by atoms with van der Waals surface area (Å²) in [5.41, 5.74) is 3.41. The van der Waals surface area contributed by atoms with Crippen LogP contribution in [0.1, 0.15) is 26.8 Å². The van der Waals surface area contributed by atoms with Crippen molar-refractivity contribution in [2.75, 3.05) is 13.7 Å². The van der Waals surface area contributed by atoms with Gasteiger partial charge in [-0.2, -0.15) is 0 Å². The van der Waals surface area contributed by atoms with E-state index in [0.717, 1.165) is 12.1 Å². The van der Waals surface area contributed by atoms with Gasteiger partial charge in [0.05, 0.1) is 23.5 Å². The van der Waals surface area contributed by atoms with Crippen molar-refractivity contribution in [3.05, 3.63) is 27.5 Å². The predicted octanol–water partition coefficient (Wildman–Crippen LogP) is 1.17. The van der Waals surface area contributed by atoms with Crippen molar-refractivity contribution in [1.82, 2.24) is 20.0 Å². The minimum atomic E-state index is -1.06. The third-order valence-electron chi connectivity index (χ3n) is 2.98. The van der Waals surface area contributed by atoms with E-state index in [1.165, 1.54) is 4.88 Å². The number of carboxylic acids is 1. The summed E-state index contributed by atoms with van der Waals surface area (Å²) in [5.74, 6) is -1.06. The summed E-state index contributed by atoms with van der Waals surface area (Å²) in [4.78, 5) is 16.5. The van der Waals surface area contributed by atoms with Crippen LogP contribution in [0.5, 0.6) is 0 Å². The average Bonchev–Trinajstić information content (AvgIpc) is 3.00. The van der Waals surface area contributed by atoms with Crippen LogP contribution in [0.4, 0.5) is 0 Å². The lowest BCUT2D eigenvalue weighted by atomic mass is 10.2. The SMILES string of the molecule is COCCc1c(C(=O)O)nnn1CCc1scnc1C. The van der Waals surface area contributed by atoms with Gasteiger partial charge in [-0.15, -0.1) is 16.4 Å². The zero-order chi connectivity index (χ0) is 14.5. The largest absolute Gasteiger partial charge is 0.476 e. The molecular weight excluding hydrogens is 280 g/mol. The highest BCUT2D eigenvalue weighted by atomic mass is 32.1. The van der Waals surface area contributed by atoms with Gasteiger partial charge >= 0.3 is 5.97 Å². The highest BCUT2D eigenvalue weighted by Gasteiger charge is 2.18. The fourth-order valence-corrected chi connectivity index (χ4v) is 2.67. The highest BCUT2D eigenvalue weighted by Crippen LogP contribution is 2.15. The summed E-state index contributed by atoms with van der Waals surface area (Å²) >= 11 is 1.59. The molecule has 0 bridgehead atoms. The zero-order valence-electron chi connectivity index (χ0n) is 11.4. The Morgan fingerprint density at radius 2 is 2.30 bits per heavy atom. The van der Waals surface area contributed by atoms with Crippen LogP contribution in [-0.4, -0.2) is 44.8 Å². The normalized spacial score (nSPS) is 10.9. The number of aromatic nitrogens is 4. The molecule has 0 amide bonds. The molecule has 0 aromatic carbocycles. The van der Waals surface area contributed by atoms with Crippen molar-refractivity contribution in [2.24, 2.45) is 0 Å². The van der Waals surface area contributed by atoms with E-state index in [1.807, 2.05) is 6.92 Å². The lowest BCUT2D eigenvalue weighted by Crippen LogP contribution is -2.12. The van der Waals surface area contributed by atoms with Crippen molar-refractivity contribution in [3.8, 4) is 0 Å². The van der Waals surface area contributed by atoms with E-state index in [2.05, 4.69) is 15.3 Å². The summed E-state index contributed by atoms with van der Waals surface area (Å²) < 4.78 is 6.65. The smallest absolute Gasteiger partial charge is 0.358 e. The molecule has 20 heavy (non-hydrogen) atoms. The molecule has 0 aliphatic heterocycles. The number of methoxy groups -OCH3 is 1. The third kappa shape index (κ3) is 3.20. The molecule has 0 fully saturated rings. The van der Waals surface area contributed by atoms with E-state index in [0.29, 0.717) is 25.3 Å². The van der Waals surface area contributed by atoms with Gasteiger partial charge in [0.1, 0.15) is 0 Å². The van der Waals surface area contributed by atoms with Crippen molar-refractivity contribution in [3.63, 3.8) is 0 Å². The Kier molecular flexibility index (Phi) is 4.80. The minimum Gasteiger partial charge on any atom is -0.476 e. The van der Waals surface area contributed by atoms with Gasteiger partial charge in [-0.1, -0.05) is 5.21 Å². The van der Waals surface area contributed by atoms with Gasteiger partial charge in [-0.25, -0.2) is 14.5 Å². The monoisotopic (exact) mass is 296 g/mol. The predicted molar refractivity (Wildman–Crippen MR) is 73.1 cm³/mol. The Balaban J connectivity index is 2.14. The number of rotatable bonds is 7. The molecule has 0 radical (unpaired) electrons. The van der Waals surface area contributed by atoms with Gasteiger partial charge in [-0.05, 0) is 6.92 Å². The molecule has 0 aliphatic rings. The Labute approximate surface area is 120 Å². The average molecular weight is 296 g/mol. The molecule has 2 heterocycles. The van der Waals surface area contributed by atoms with E-state index in [1.54, 1.807) is 28.6 Å². The van der Waals surface area contributed by atoms with Crippen LogP contribution in [-0.2, 0) is 24.1 Å². The molecule has 0 spiro atoms. The van der Waals surface area contributed by atoms with E-state index in [9.17, 15) is 4.79 Å². The second-order valence-corrected chi connectivity index (χ2v) is 5.21. The number of aromatic carboxylic acids is 1. The molecule has 0 unspecified atom stereocenters. The standard InChI is InChI=1S/C12H16N4O3S/c1-8-10(20-7-13-8)3-5-16-9(4-6-19-2)11(12(17)18)14-15-16/h7H,3-6H2,1-2H3,(H,17,18). The van der Waals surface area contributed by atoms with Crippen molar-refractivity contribution in [2.45, 2.75) is 26.3 Å². The molecule has 7 nitrogen and oxygen atoms in total. The molecule has 108 valence electrons. The van der Waals surface area contributed by atoms with Gasteiger partial charge in [0.15, 0.2) is 5.69 Å². The Morgan fingerprint density at radius 1 is 1.50 bits per heavy atom. The molecule has 1 N–H and O–H groups in total. The molecule has 0 aliphatic carbocycles. The number of carboxylic acid groups (broad SMARTS) is 1. The molecule has 2 rings (SSSR count). The number of ether oxygens (including phenoxy) is 1. The van der Waals surface area contributed by atoms with Crippen LogP contribution >= 0.6 is 11.3 Å². The van der Waals surface area contributed by atoms with Crippen LogP contribution in [0.15, 0.2) is 5.51 Å². The van der Waals surface area contributed by atoms with Crippen LogP contribution in [0.25, 0.3) is 0 Å². The fraction of sp³-hybridized carbons (Fsp3) is 0.500. The molecule has 2 aromatic heterocycles. The number of aryl methyl sites for hydroxylation is 3. The second kappa shape index (κ2) is 6.58. The number of thiazole rings is 1. The number of hydrogen-bond acceptors (Lipinski definition) is 6. The van der Waals surface area contributed by atoms with Crippen LogP contribution in [0.2, 0.25) is 0 Å². The lowest BCUT2D eigenvalue weighted by molar-refractivity contribution is 0.0688. The minimum absolute atomic E-state index is 0.00285. The Hall–Kier alpha value is -1.80. The first-order valence-corrected chi connectivity index (χ1v) is 7.05. The first-order chi connectivity index (χ1) is 9.63. The van der Waals surface area contributed by atoms with Crippen molar-refractivity contribution in [1.29, 1.82) is 0 Å². The third-order valence-corrected chi connectivity index (χ3v) is 3.97. The molecule has 0 saturated heterocycles.